The van der Waals surface area contributed by atoms with E-state index in [2.05, 4.69) is 19.2 Å². The number of ether oxygens (including phenoxy) is 1. The molecule has 1 aliphatic heterocycles. The van der Waals surface area contributed by atoms with E-state index in [1.165, 1.54) is 19.3 Å². The average molecular weight is 405 g/mol. The van der Waals surface area contributed by atoms with Crippen molar-refractivity contribution in [2.45, 2.75) is 71.8 Å². The van der Waals surface area contributed by atoms with Crippen LogP contribution in [0.1, 0.15) is 65.7 Å². The van der Waals surface area contributed by atoms with Crippen LogP contribution in [-0.2, 0) is 19.1 Å². The molecule has 4 saturated carbocycles. The zero-order valence-electron chi connectivity index (χ0n) is 18.1. The van der Waals surface area contributed by atoms with E-state index in [0.717, 1.165) is 25.7 Å². The minimum atomic E-state index is -0.809. The lowest BCUT2D eigenvalue weighted by Gasteiger charge is -2.55. The summed E-state index contributed by atoms with van der Waals surface area (Å²) in [7, 11) is 0. The van der Waals surface area contributed by atoms with Crippen LogP contribution in [0.5, 0.6) is 0 Å². The van der Waals surface area contributed by atoms with E-state index in [4.69, 9.17) is 4.74 Å². The summed E-state index contributed by atoms with van der Waals surface area (Å²) >= 11 is 0. The number of carbonyl (C=O) groups is 3. The molecule has 4 bridgehead atoms. The third-order valence-corrected chi connectivity index (χ3v) is 7.75. The first-order valence-electron chi connectivity index (χ1n) is 11.5. The van der Waals surface area contributed by atoms with Gasteiger partial charge in [-0.1, -0.05) is 13.8 Å². The second-order valence-corrected chi connectivity index (χ2v) is 10.7. The number of rotatable bonds is 5. The first-order chi connectivity index (χ1) is 13.7. The Morgan fingerprint density at radius 2 is 1.48 bits per heavy atom. The number of nitrogens with zero attached hydrogens (tertiary/aromatic N) is 1. The summed E-state index contributed by atoms with van der Waals surface area (Å²) < 4.78 is 5.36. The van der Waals surface area contributed by atoms with Crippen LogP contribution < -0.4 is 5.32 Å². The Morgan fingerprint density at radius 3 is 2.00 bits per heavy atom. The zero-order chi connectivity index (χ0) is 20.8. The second kappa shape index (κ2) is 7.92. The molecule has 1 saturated heterocycles. The fraction of sp³-hybridized carbons (Fsp3) is 0.870. The molecule has 0 aromatic carbocycles. The van der Waals surface area contributed by atoms with Crippen molar-refractivity contribution in [3.8, 4) is 0 Å². The number of piperidine rings is 1. The van der Waals surface area contributed by atoms with Crippen LogP contribution in [0.4, 0.5) is 0 Å². The lowest BCUT2D eigenvalue weighted by atomic mass is 9.49. The van der Waals surface area contributed by atoms with Crippen molar-refractivity contribution in [2.75, 3.05) is 19.6 Å². The van der Waals surface area contributed by atoms with Crippen molar-refractivity contribution in [3.63, 3.8) is 0 Å². The highest BCUT2D eigenvalue weighted by molar-refractivity contribution is 5.88. The maximum atomic E-state index is 12.9. The number of carbonyl (C=O) groups excluding carboxylic acids is 3. The summed E-state index contributed by atoms with van der Waals surface area (Å²) in [6.07, 6.45) is 7.07. The number of esters is 1. The Labute approximate surface area is 174 Å². The van der Waals surface area contributed by atoms with Crippen molar-refractivity contribution < 1.29 is 19.1 Å². The minimum absolute atomic E-state index is 0.0196. The molecule has 5 fully saturated rings. The van der Waals surface area contributed by atoms with Crippen molar-refractivity contribution in [3.05, 3.63) is 0 Å². The van der Waals surface area contributed by atoms with Crippen LogP contribution in [0, 0.1) is 35.0 Å². The van der Waals surface area contributed by atoms with Gasteiger partial charge in [-0.3, -0.25) is 14.4 Å². The molecule has 5 rings (SSSR count). The summed E-state index contributed by atoms with van der Waals surface area (Å²) in [4.78, 5) is 39.7. The Balaban J connectivity index is 1.25. The van der Waals surface area contributed by atoms with Crippen LogP contribution in [0.3, 0.4) is 0 Å². The number of hydrogen-bond donors (Lipinski definition) is 1. The predicted molar refractivity (Wildman–Crippen MR) is 109 cm³/mol. The molecule has 162 valence electrons. The standard InChI is InChI=1S/C23H36N2O4/c1-14-4-15(2)13-25(12-14)21(27)16(3)29-20(26)11-24-22(28)23-8-17-5-18(9-23)7-19(6-17)10-23/h14-19H,4-13H2,1-3H3,(H,24,28). The van der Waals surface area contributed by atoms with Crippen molar-refractivity contribution in [1.82, 2.24) is 10.2 Å². The molecular formula is C23H36N2O4. The summed E-state index contributed by atoms with van der Waals surface area (Å²) in [6.45, 7) is 7.21. The van der Waals surface area contributed by atoms with Gasteiger partial charge < -0.3 is 15.0 Å². The second-order valence-electron chi connectivity index (χ2n) is 10.7. The van der Waals surface area contributed by atoms with Gasteiger partial charge in [0.25, 0.3) is 5.91 Å². The van der Waals surface area contributed by atoms with Crippen molar-refractivity contribution in [2.24, 2.45) is 35.0 Å². The molecule has 0 aromatic rings. The maximum absolute atomic E-state index is 12.9. The molecule has 29 heavy (non-hydrogen) atoms. The number of nitrogens with one attached hydrogen (secondary N) is 1. The molecule has 3 atom stereocenters. The molecule has 0 aromatic heterocycles. The molecule has 2 amide bonds. The fourth-order valence-electron chi connectivity index (χ4n) is 7.12. The number of amides is 2. The fourth-order valence-corrected chi connectivity index (χ4v) is 7.12. The van der Waals surface area contributed by atoms with E-state index in [-0.39, 0.29) is 23.8 Å². The molecule has 1 N–H and O–H groups in total. The van der Waals surface area contributed by atoms with E-state index in [9.17, 15) is 14.4 Å². The zero-order valence-corrected chi connectivity index (χ0v) is 18.1. The van der Waals surface area contributed by atoms with Crippen molar-refractivity contribution >= 4 is 17.8 Å². The highest BCUT2D eigenvalue weighted by atomic mass is 16.5. The van der Waals surface area contributed by atoms with Crippen LogP contribution in [0.15, 0.2) is 0 Å². The van der Waals surface area contributed by atoms with Gasteiger partial charge in [-0.2, -0.15) is 0 Å². The van der Waals surface area contributed by atoms with Crippen LogP contribution >= 0.6 is 0 Å². The van der Waals surface area contributed by atoms with Gasteiger partial charge in [0.15, 0.2) is 6.10 Å². The minimum Gasteiger partial charge on any atom is -0.451 e. The van der Waals surface area contributed by atoms with E-state index < -0.39 is 12.1 Å². The van der Waals surface area contributed by atoms with Gasteiger partial charge in [0.2, 0.25) is 5.91 Å². The quantitative estimate of drug-likeness (QED) is 0.715. The first-order valence-corrected chi connectivity index (χ1v) is 11.5. The molecule has 1 heterocycles. The smallest absolute Gasteiger partial charge is 0.326 e. The third kappa shape index (κ3) is 4.31. The summed E-state index contributed by atoms with van der Waals surface area (Å²) in [5.74, 6) is 2.34. The predicted octanol–water partition coefficient (Wildman–Crippen LogP) is 2.76. The van der Waals surface area contributed by atoms with E-state index in [1.807, 2.05) is 4.90 Å². The van der Waals surface area contributed by atoms with Gasteiger partial charge in [0.05, 0.1) is 0 Å². The molecule has 4 aliphatic carbocycles. The van der Waals surface area contributed by atoms with Gasteiger partial charge >= 0.3 is 5.97 Å². The van der Waals surface area contributed by atoms with Gasteiger partial charge in [0, 0.05) is 18.5 Å². The van der Waals surface area contributed by atoms with E-state index >= 15 is 0 Å². The lowest BCUT2D eigenvalue weighted by Crippen LogP contribution is -2.54. The van der Waals surface area contributed by atoms with Crippen molar-refractivity contribution in [1.29, 1.82) is 0 Å². The van der Waals surface area contributed by atoms with Gasteiger partial charge in [-0.15, -0.1) is 0 Å². The van der Waals surface area contributed by atoms with E-state index in [0.29, 0.717) is 42.7 Å². The Kier molecular flexibility index (Phi) is 5.64. The Morgan fingerprint density at radius 1 is 0.966 bits per heavy atom. The number of hydrogen-bond acceptors (Lipinski definition) is 4. The van der Waals surface area contributed by atoms with Crippen LogP contribution in [0.25, 0.3) is 0 Å². The van der Waals surface area contributed by atoms with Crippen LogP contribution in [0.2, 0.25) is 0 Å². The van der Waals surface area contributed by atoms with Gasteiger partial charge in [-0.05, 0) is 81.5 Å². The maximum Gasteiger partial charge on any atom is 0.326 e. The van der Waals surface area contributed by atoms with Gasteiger partial charge in [0.1, 0.15) is 6.54 Å². The molecule has 5 aliphatic rings. The highest BCUT2D eigenvalue weighted by Crippen LogP contribution is 2.60. The summed E-state index contributed by atoms with van der Waals surface area (Å²) in [6, 6.07) is 0. The summed E-state index contributed by atoms with van der Waals surface area (Å²) in [5.41, 5.74) is -0.267. The molecule has 0 radical (unpaired) electrons. The normalized spacial score (nSPS) is 39.1. The largest absolute Gasteiger partial charge is 0.451 e. The number of likely N-dealkylation sites (tertiary alicyclic amines) is 1. The Hall–Kier alpha value is -1.59. The molecule has 6 heteroatoms. The lowest BCUT2D eigenvalue weighted by molar-refractivity contribution is -0.161. The Bertz CT molecular complexity index is 631. The monoisotopic (exact) mass is 404 g/mol. The average Bonchev–Trinajstić information content (AvgIpc) is 2.63. The van der Waals surface area contributed by atoms with E-state index in [1.54, 1.807) is 6.92 Å². The summed E-state index contributed by atoms with van der Waals surface area (Å²) in [5, 5.41) is 2.84. The first kappa shape index (κ1) is 20.7. The third-order valence-electron chi connectivity index (χ3n) is 7.75. The topological polar surface area (TPSA) is 75.7 Å². The molecule has 0 spiro atoms. The molecule has 6 nitrogen and oxygen atoms in total. The molecule has 3 unspecified atom stereocenters. The SMILES string of the molecule is CC1CC(C)CN(C(=O)C(C)OC(=O)CNC(=O)C23CC4CC(CC(C4)C2)C3)C1. The highest BCUT2D eigenvalue weighted by Gasteiger charge is 2.54. The van der Waals surface area contributed by atoms with Gasteiger partial charge in [-0.25, -0.2) is 0 Å². The van der Waals surface area contributed by atoms with Crippen LogP contribution in [-0.4, -0.2) is 48.4 Å². The molecular weight excluding hydrogens is 368 g/mol.